The first-order valence-electron chi connectivity index (χ1n) is 15.2. The van der Waals surface area contributed by atoms with Gasteiger partial charge in [0.05, 0.1) is 6.61 Å². The molecule has 35 heavy (non-hydrogen) atoms. The number of hydrogen-bond acceptors (Lipinski definition) is 2. The molecule has 1 saturated heterocycles. The lowest BCUT2D eigenvalue weighted by molar-refractivity contribution is -0.00894. The zero-order chi connectivity index (χ0) is 23.6. The van der Waals surface area contributed by atoms with Crippen molar-refractivity contribution in [2.45, 2.75) is 121 Å². The van der Waals surface area contributed by atoms with Crippen molar-refractivity contribution < 1.29 is 9.47 Å². The second kappa shape index (κ2) is 7.30. The van der Waals surface area contributed by atoms with E-state index < -0.39 is 0 Å². The molecule has 2 heteroatoms. The SMILES string of the molecule is CC(C)(C)C(Oc1cc(C23CC4CC(CC(C4)C2)C3)cc(C23CC4CC(CC(C4)C2)C3)c1)C1CO1. The van der Waals surface area contributed by atoms with E-state index in [0.29, 0.717) is 10.8 Å². The van der Waals surface area contributed by atoms with Crippen LogP contribution in [0, 0.1) is 40.9 Å². The van der Waals surface area contributed by atoms with Gasteiger partial charge >= 0.3 is 0 Å². The lowest BCUT2D eigenvalue weighted by Gasteiger charge is -2.58. The first kappa shape index (κ1) is 22.0. The molecule has 10 rings (SSSR count). The zero-order valence-electron chi connectivity index (χ0n) is 22.4. The van der Waals surface area contributed by atoms with Gasteiger partial charge in [0.2, 0.25) is 0 Å². The molecule has 8 bridgehead atoms. The van der Waals surface area contributed by atoms with Crippen LogP contribution < -0.4 is 4.74 Å². The topological polar surface area (TPSA) is 21.8 Å². The van der Waals surface area contributed by atoms with Crippen molar-refractivity contribution >= 4 is 0 Å². The van der Waals surface area contributed by atoms with E-state index >= 15 is 0 Å². The van der Waals surface area contributed by atoms with Crippen LogP contribution in [0.5, 0.6) is 5.75 Å². The van der Waals surface area contributed by atoms with Crippen LogP contribution in [-0.2, 0) is 15.6 Å². The summed E-state index contributed by atoms with van der Waals surface area (Å²) in [7, 11) is 0. The van der Waals surface area contributed by atoms with Crippen molar-refractivity contribution in [2.24, 2.45) is 40.9 Å². The quantitative estimate of drug-likeness (QED) is 0.406. The number of hydrogen-bond donors (Lipinski definition) is 0. The van der Waals surface area contributed by atoms with Crippen LogP contribution >= 0.6 is 0 Å². The third-order valence-electron chi connectivity index (χ3n) is 12.0. The summed E-state index contributed by atoms with van der Waals surface area (Å²) in [4.78, 5) is 0. The minimum atomic E-state index is 0.0821. The van der Waals surface area contributed by atoms with Gasteiger partial charge in [-0.15, -0.1) is 0 Å². The van der Waals surface area contributed by atoms with Gasteiger partial charge in [-0.05, 0) is 147 Å². The van der Waals surface area contributed by atoms with Gasteiger partial charge in [0.15, 0.2) is 0 Å². The molecule has 2 nitrogen and oxygen atoms in total. The summed E-state index contributed by atoms with van der Waals surface area (Å²) in [5.41, 5.74) is 4.28. The van der Waals surface area contributed by atoms with Gasteiger partial charge in [-0.3, -0.25) is 0 Å². The summed E-state index contributed by atoms with van der Waals surface area (Å²) in [6.07, 6.45) is 18.1. The Labute approximate surface area is 212 Å². The Hall–Kier alpha value is -1.02. The second-order valence-corrected chi connectivity index (χ2v) is 15.9. The molecule has 9 aliphatic rings. The summed E-state index contributed by atoms with van der Waals surface area (Å²) in [6, 6.07) is 7.81. The van der Waals surface area contributed by atoms with Crippen LogP contribution in [0.2, 0.25) is 0 Å². The fraction of sp³-hybridized carbons (Fsp3) is 0.818. The molecule has 1 aromatic rings. The number of epoxide rings is 1. The van der Waals surface area contributed by atoms with Crippen LogP contribution in [-0.4, -0.2) is 18.8 Å². The Balaban J connectivity index is 1.22. The largest absolute Gasteiger partial charge is 0.487 e. The maximum absolute atomic E-state index is 6.99. The first-order valence-corrected chi connectivity index (χ1v) is 15.2. The molecule has 190 valence electrons. The second-order valence-electron chi connectivity index (χ2n) is 15.9. The Kier molecular flexibility index (Phi) is 4.59. The van der Waals surface area contributed by atoms with E-state index in [1.54, 1.807) is 11.1 Å². The van der Waals surface area contributed by atoms with E-state index in [2.05, 4.69) is 39.0 Å². The molecule has 8 saturated carbocycles. The summed E-state index contributed by atoms with van der Waals surface area (Å²) >= 11 is 0. The van der Waals surface area contributed by atoms with Gasteiger partial charge in [-0.2, -0.15) is 0 Å². The molecular formula is C33H46O2. The lowest BCUT2D eigenvalue weighted by Crippen LogP contribution is -2.50. The number of ether oxygens (including phenoxy) is 2. The van der Waals surface area contributed by atoms with Crippen LogP contribution in [0.15, 0.2) is 18.2 Å². The maximum Gasteiger partial charge on any atom is 0.132 e. The molecule has 9 fully saturated rings. The minimum Gasteiger partial charge on any atom is -0.487 e. The summed E-state index contributed by atoms with van der Waals surface area (Å²) in [5.74, 6) is 7.06. The highest BCUT2D eigenvalue weighted by molar-refractivity contribution is 5.44. The Morgan fingerprint density at radius 1 is 0.686 bits per heavy atom. The van der Waals surface area contributed by atoms with Crippen LogP contribution in [0.25, 0.3) is 0 Å². The molecule has 2 unspecified atom stereocenters. The van der Waals surface area contributed by atoms with Gasteiger partial charge in [0, 0.05) is 5.41 Å². The van der Waals surface area contributed by atoms with E-state index in [0.717, 1.165) is 42.1 Å². The Bertz CT molecular complexity index is 878. The van der Waals surface area contributed by atoms with Gasteiger partial charge in [-0.1, -0.05) is 26.8 Å². The zero-order valence-corrected chi connectivity index (χ0v) is 22.4. The standard InChI is InChI=1S/C33H46O2/c1-31(2,3)30(29-19-34-29)35-28-11-26(32-13-20-4-21(14-32)6-22(5-20)15-32)10-27(12-28)33-16-23-7-24(17-33)9-25(8-23)18-33/h10-12,20-25,29-30H,4-9,13-19H2,1-3H3. The van der Waals surface area contributed by atoms with Crippen molar-refractivity contribution in [1.29, 1.82) is 0 Å². The monoisotopic (exact) mass is 474 g/mol. The summed E-state index contributed by atoms with van der Waals surface area (Å²) in [5, 5.41) is 0. The van der Waals surface area contributed by atoms with Gasteiger partial charge < -0.3 is 9.47 Å². The average Bonchev–Trinajstić information content (AvgIpc) is 3.60. The normalized spacial score (nSPS) is 47.8. The molecule has 0 spiro atoms. The lowest BCUT2D eigenvalue weighted by atomic mass is 9.46. The molecule has 0 N–H and O–H groups in total. The van der Waals surface area contributed by atoms with E-state index in [1.165, 1.54) is 82.8 Å². The highest BCUT2D eigenvalue weighted by Gasteiger charge is 2.54. The van der Waals surface area contributed by atoms with Crippen LogP contribution in [0.1, 0.15) is 109 Å². The van der Waals surface area contributed by atoms with E-state index in [4.69, 9.17) is 9.47 Å². The van der Waals surface area contributed by atoms with Gasteiger partial charge in [0.1, 0.15) is 18.0 Å². The third-order valence-corrected chi connectivity index (χ3v) is 12.0. The van der Waals surface area contributed by atoms with Crippen molar-refractivity contribution in [3.8, 4) is 5.75 Å². The van der Waals surface area contributed by atoms with E-state index in [9.17, 15) is 0 Å². The Morgan fingerprint density at radius 3 is 1.37 bits per heavy atom. The first-order chi connectivity index (χ1) is 16.8. The van der Waals surface area contributed by atoms with Gasteiger partial charge in [-0.25, -0.2) is 0 Å². The van der Waals surface area contributed by atoms with E-state index in [1.807, 2.05) is 0 Å². The molecule has 0 amide bonds. The Morgan fingerprint density at radius 2 is 1.06 bits per heavy atom. The van der Waals surface area contributed by atoms with E-state index in [-0.39, 0.29) is 17.6 Å². The summed E-state index contributed by atoms with van der Waals surface area (Å²) < 4.78 is 12.8. The van der Waals surface area contributed by atoms with Crippen molar-refractivity contribution in [2.75, 3.05) is 6.61 Å². The van der Waals surface area contributed by atoms with Crippen molar-refractivity contribution in [1.82, 2.24) is 0 Å². The van der Waals surface area contributed by atoms with Crippen LogP contribution in [0.4, 0.5) is 0 Å². The number of rotatable bonds is 5. The molecule has 8 aliphatic carbocycles. The third kappa shape index (κ3) is 3.58. The highest BCUT2D eigenvalue weighted by atomic mass is 16.6. The molecule has 0 aromatic heterocycles. The predicted molar refractivity (Wildman–Crippen MR) is 140 cm³/mol. The molecule has 1 heterocycles. The number of benzene rings is 1. The minimum absolute atomic E-state index is 0.0821. The van der Waals surface area contributed by atoms with Crippen LogP contribution in [0.3, 0.4) is 0 Å². The molecule has 1 aromatic carbocycles. The molecular weight excluding hydrogens is 428 g/mol. The fourth-order valence-corrected chi connectivity index (χ4v) is 11.4. The molecule has 0 radical (unpaired) electrons. The van der Waals surface area contributed by atoms with Crippen molar-refractivity contribution in [3.63, 3.8) is 0 Å². The highest BCUT2D eigenvalue weighted by Crippen LogP contribution is 2.64. The van der Waals surface area contributed by atoms with Crippen molar-refractivity contribution in [3.05, 3.63) is 29.3 Å². The maximum atomic E-state index is 6.99. The summed E-state index contributed by atoms with van der Waals surface area (Å²) in [6.45, 7) is 7.82. The molecule has 1 aliphatic heterocycles. The predicted octanol–water partition coefficient (Wildman–Crippen LogP) is 7.81. The fourth-order valence-electron chi connectivity index (χ4n) is 11.4. The smallest absolute Gasteiger partial charge is 0.132 e. The van der Waals surface area contributed by atoms with Gasteiger partial charge in [0.25, 0.3) is 0 Å². The average molecular weight is 475 g/mol. The molecule has 2 atom stereocenters.